The summed E-state index contributed by atoms with van der Waals surface area (Å²) in [6, 6.07) is 42.1. The number of hydrogen-bond acceptors (Lipinski definition) is 2. The fourth-order valence-electron chi connectivity index (χ4n) is 10.6. The van der Waals surface area contributed by atoms with Crippen LogP contribution in [0, 0.1) is 20.8 Å². The topological polar surface area (TPSA) is 29.5 Å². The van der Waals surface area contributed by atoms with Crippen LogP contribution in [0.4, 0.5) is 10.5 Å². The van der Waals surface area contributed by atoms with Gasteiger partial charge in [0.2, 0.25) is 6.71 Å². The van der Waals surface area contributed by atoms with Crippen molar-refractivity contribution in [1.29, 1.82) is 0 Å². The standard InChI is InChI=1S/C43H30BNO2/c1-23-21-24(2)34(25(3)22-23)30-19-17-26-18-20-33-39-35(26)41(30)47-42(46)45(39)40-37-29-14-8-10-16-32(29)43(37)31-15-9-7-13-28(31)36(43)38(40)44(33)27-11-5-4-6-12-27/h4-22,36-37H,1-3H3. The molecule has 0 bridgehead atoms. The highest BCUT2D eigenvalue weighted by Crippen LogP contribution is 2.78. The van der Waals surface area contributed by atoms with Gasteiger partial charge in [-0.3, -0.25) is 0 Å². The first-order chi connectivity index (χ1) is 23.0. The first-order valence-corrected chi connectivity index (χ1v) is 16.7. The fourth-order valence-corrected chi connectivity index (χ4v) is 10.6. The summed E-state index contributed by atoms with van der Waals surface area (Å²) in [5.41, 5.74) is 17.0. The van der Waals surface area contributed by atoms with Gasteiger partial charge in [0.05, 0.1) is 5.69 Å². The third-order valence-corrected chi connectivity index (χ3v) is 11.9. The summed E-state index contributed by atoms with van der Waals surface area (Å²) in [4.78, 5) is 16.8. The third kappa shape index (κ3) is 2.82. The highest BCUT2D eigenvalue weighted by molar-refractivity contribution is 6.93. The van der Waals surface area contributed by atoms with E-state index in [0.29, 0.717) is 5.75 Å². The summed E-state index contributed by atoms with van der Waals surface area (Å²) in [6.45, 7) is 6.47. The lowest BCUT2D eigenvalue weighted by molar-refractivity contribution is 0.208. The quantitative estimate of drug-likeness (QED) is 0.186. The maximum Gasteiger partial charge on any atom is 0.424 e. The summed E-state index contributed by atoms with van der Waals surface area (Å²) in [6.07, 6.45) is -0.301. The van der Waals surface area contributed by atoms with E-state index in [2.05, 4.69) is 136 Å². The van der Waals surface area contributed by atoms with Crippen molar-refractivity contribution >= 4 is 40.2 Å². The second-order valence-corrected chi connectivity index (χ2v) is 14.1. The summed E-state index contributed by atoms with van der Waals surface area (Å²) in [5, 5.41) is 2.12. The number of aryl methyl sites for hydroxylation is 3. The molecule has 3 aliphatic carbocycles. The van der Waals surface area contributed by atoms with Crippen LogP contribution in [0.3, 0.4) is 0 Å². The lowest BCUT2D eigenvalue weighted by Gasteiger charge is -2.59. The van der Waals surface area contributed by atoms with E-state index in [0.717, 1.165) is 33.3 Å². The molecule has 2 aliphatic heterocycles. The average Bonchev–Trinajstić information content (AvgIpc) is 3.28. The highest BCUT2D eigenvalue weighted by Gasteiger charge is 2.73. The van der Waals surface area contributed by atoms with E-state index in [4.69, 9.17) is 4.74 Å². The number of fused-ring (bicyclic) bond motifs is 7. The van der Waals surface area contributed by atoms with Crippen LogP contribution in [0.1, 0.15) is 50.8 Å². The van der Waals surface area contributed by atoms with E-state index in [1.54, 1.807) is 0 Å². The molecule has 0 N–H and O–H groups in total. The minimum Gasteiger partial charge on any atom is -0.408 e. The van der Waals surface area contributed by atoms with Crippen LogP contribution in [0.5, 0.6) is 5.75 Å². The molecule has 4 heteroatoms. The highest BCUT2D eigenvalue weighted by atomic mass is 16.6. The average molecular weight is 604 g/mol. The van der Waals surface area contributed by atoms with Crippen molar-refractivity contribution in [3.8, 4) is 16.9 Å². The maximum absolute atomic E-state index is 14.8. The maximum atomic E-state index is 14.8. The number of carbonyl (C=O) groups excluding carboxylic acids is 1. The molecule has 1 spiro atoms. The molecule has 5 aliphatic rings. The lowest BCUT2D eigenvalue weighted by Crippen LogP contribution is -2.55. The molecule has 0 saturated carbocycles. The molecule has 3 atom stereocenters. The van der Waals surface area contributed by atoms with Crippen molar-refractivity contribution in [3.63, 3.8) is 0 Å². The molecular weight excluding hydrogens is 573 g/mol. The molecule has 1 amide bonds. The van der Waals surface area contributed by atoms with Gasteiger partial charge in [0.1, 0.15) is 0 Å². The van der Waals surface area contributed by atoms with Crippen LogP contribution >= 0.6 is 0 Å². The van der Waals surface area contributed by atoms with Crippen molar-refractivity contribution in [2.24, 2.45) is 0 Å². The number of rotatable bonds is 2. The van der Waals surface area contributed by atoms with Gasteiger partial charge in [0, 0.05) is 33.9 Å². The number of ether oxygens (including phenoxy) is 1. The molecule has 0 aromatic heterocycles. The van der Waals surface area contributed by atoms with Gasteiger partial charge in [-0.15, -0.1) is 0 Å². The van der Waals surface area contributed by atoms with E-state index in [1.165, 1.54) is 55.3 Å². The normalized spacial score (nSPS) is 22.1. The van der Waals surface area contributed by atoms with E-state index in [9.17, 15) is 4.79 Å². The zero-order valence-corrected chi connectivity index (χ0v) is 26.5. The Labute approximate surface area is 274 Å². The number of anilines is 1. The smallest absolute Gasteiger partial charge is 0.408 e. The predicted octanol–water partition coefficient (Wildman–Crippen LogP) is 8.36. The van der Waals surface area contributed by atoms with Crippen LogP contribution in [-0.4, -0.2) is 12.8 Å². The van der Waals surface area contributed by atoms with Crippen LogP contribution in [0.15, 0.2) is 126 Å². The van der Waals surface area contributed by atoms with E-state index < -0.39 is 0 Å². The second-order valence-electron chi connectivity index (χ2n) is 14.1. The van der Waals surface area contributed by atoms with Crippen molar-refractivity contribution in [3.05, 3.63) is 165 Å². The number of benzene rings is 6. The molecule has 0 fully saturated rings. The van der Waals surface area contributed by atoms with Crippen LogP contribution in [0.2, 0.25) is 0 Å². The molecule has 3 unspecified atom stereocenters. The third-order valence-electron chi connectivity index (χ3n) is 11.9. The lowest BCUT2D eigenvalue weighted by atomic mass is 9.30. The Morgan fingerprint density at radius 1 is 0.723 bits per heavy atom. The van der Waals surface area contributed by atoms with Crippen LogP contribution in [0.25, 0.3) is 21.9 Å². The number of amides is 1. The van der Waals surface area contributed by atoms with Gasteiger partial charge in [-0.05, 0) is 76.6 Å². The first-order valence-electron chi connectivity index (χ1n) is 16.7. The van der Waals surface area contributed by atoms with Crippen LogP contribution < -0.4 is 20.6 Å². The Kier molecular flexibility index (Phi) is 4.67. The Balaban J connectivity index is 1.26. The van der Waals surface area contributed by atoms with Gasteiger partial charge < -0.3 is 4.74 Å². The summed E-state index contributed by atoms with van der Waals surface area (Å²) in [7, 11) is 0. The molecule has 0 radical (unpaired) electrons. The van der Waals surface area contributed by atoms with Crippen molar-refractivity contribution in [1.82, 2.24) is 0 Å². The number of nitrogens with zero attached hydrogens (tertiary/aromatic N) is 1. The molecule has 11 rings (SSSR count). The van der Waals surface area contributed by atoms with Gasteiger partial charge in [0.25, 0.3) is 0 Å². The SMILES string of the molecule is Cc1cc(C)c(-c2ccc3ccc4c5c3c2OC(=O)N5C2=C(B4c3ccccc3)C3c4ccccc4C34c3ccccc3C24)c(C)c1. The van der Waals surface area contributed by atoms with Gasteiger partial charge >= 0.3 is 6.09 Å². The Hall–Kier alpha value is -5.35. The monoisotopic (exact) mass is 603 g/mol. The van der Waals surface area contributed by atoms with E-state index in [-0.39, 0.29) is 30.1 Å². The fraction of sp³-hybridized carbons (Fsp3) is 0.140. The van der Waals surface area contributed by atoms with Gasteiger partial charge in [0.15, 0.2) is 5.75 Å². The molecule has 2 heterocycles. The molecule has 3 nitrogen and oxygen atoms in total. The molecular formula is C43H30BNO2. The molecule has 6 aromatic carbocycles. The van der Waals surface area contributed by atoms with Crippen molar-refractivity contribution in [2.75, 3.05) is 4.90 Å². The minimum atomic E-state index is -0.301. The summed E-state index contributed by atoms with van der Waals surface area (Å²) < 4.78 is 6.59. The van der Waals surface area contributed by atoms with Crippen LogP contribution in [-0.2, 0) is 5.41 Å². The first kappa shape index (κ1) is 25.8. The Morgan fingerprint density at radius 3 is 2.09 bits per heavy atom. The molecule has 47 heavy (non-hydrogen) atoms. The zero-order chi connectivity index (χ0) is 31.3. The van der Waals surface area contributed by atoms with E-state index >= 15 is 0 Å². The Bertz CT molecular complexity index is 2460. The van der Waals surface area contributed by atoms with Gasteiger partial charge in [-0.25, -0.2) is 9.69 Å². The molecule has 0 saturated heterocycles. The van der Waals surface area contributed by atoms with Gasteiger partial charge in [-0.1, -0.05) is 126 Å². The van der Waals surface area contributed by atoms with Crippen molar-refractivity contribution in [2.45, 2.75) is 38.0 Å². The largest absolute Gasteiger partial charge is 0.424 e. The minimum absolute atomic E-state index is 0.0177. The van der Waals surface area contributed by atoms with Gasteiger partial charge in [-0.2, -0.15) is 0 Å². The Morgan fingerprint density at radius 2 is 1.36 bits per heavy atom. The molecule has 6 aromatic rings. The zero-order valence-electron chi connectivity index (χ0n) is 26.5. The van der Waals surface area contributed by atoms with Crippen molar-refractivity contribution < 1.29 is 9.53 Å². The summed E-state index contributed by atoms with van der Waals surface area (Å²) in [5.74, 6) is 0.961. The second kappa shape index (κ2) is 8.51. The number of carbonyl (C=O) groups is 1. The number of hydrogen-bond donors (Lipinski definition) is 0. The predicted molar refractivity (Wildman–Crippen MR) is 190 cm³/mol. The number of allylic oxidation sites excluding steroid dienone is 2. The van der Waals surface area contributed by atoms with E-state index in [1.807, 2.05) is 4.90 Å². The summed E-state index contributed by atoms with van der Waals surface area (Å²) >= 11 is 0. The molecule has 222 valence electrons.